The van der Waals surface area contributed by atoms with Crippen LogP contribution in [-0.2, 0) is 4.74 Å². The summed E-state index contributed by atoms with van der Waals surface area (Å²) in [6.45, 7) is 1.26. The van der Waals surface area contributed by atoms with Crippen molar-refractivity contribution in [2.75, 3.05) is 18.9 Å². The van der Waals surface area contributed by atoms with Crippen LogP contribution in [0.25, 0.3) is 0 Å². The quantitative estimate of drug-likeness (QED) is 0.738. The van der Waals surface area contributed by atoms with Crippen LogP contribution >= 0.6 is 0 Å². The summed E-state index contributed by atoms with van der Waals surface area (Å²) in [5, 5.41) is 6.39. The highest BCUT2D eigenvalue weighted by atomic mass is 16.5. The molecule has 1 aromatic rings. The Labute approximate surface area is 99.1 Å². The number of fused-ring (bicyclic) bond motifs is 1. The second kappa shape index (κ2) is 4.03. The highest BCUT2D eigenvalue weighted by molar-refractivity contribution is 5.98. The first kappa shape index (κ1) is 10.6. The molecule has 1 amide bonds. The molecule has 0 bridgehead atoms. The van der Waals surface area contributed by atoms with Gasteiger partial charge in [-0.3, -0.25) is 9.89 Å². The predicted octanol–water partition coefficient (Wildman–Crippen LogP) is 0.385. The first-order valence-electron chi connectivity index (χ1n) is 5.99. The first-order valence-corrected chi connectivity index (χ1v) is 5.99. The molecule has 3 N–H and O–H groups in total. The van der Waals surface area contributed by atoms with E-state index in [0.717, 1.165) is 19.3 Å². The van der Waals surface area contributed by atoms with E-state index in [9.17, 15) is 4.79 Å². The van der Waals surface area contributed by atoms with Crippen LogP contribution < -0.4 is 5.73 Å². The van der Waals surface area contributed by atoms with E-state index < -0.39 is 0 Å². The van der Waals surface area contributed by atoms with Gasteiger partial charge in [0.1, 0.15) is 11.4 Å². The highest BCUT2D eigenvalue weighted by Crippen LogP contribution is 2.30. The maximum atomic E-state index is 12.4. The lowest BCUT2D eigenvalue weighted by atomic mass is 10.1. The summed E-state index contributed by atoms with van der Waals surface area (Å²) in [5.74, 6) is 0.312. The first-order chi connectivity index (χ1) is 8.27. The van der Waals surface area contributed by atoms with Gasteiger partial charge in [0.2, 0.25) is 0 Å². The smallest absolute Gasteiger partial charge is 0.259 e. The molecule has 1 aromatic heterocycles. The number of aromatic amines is 1. The lowest BCUT2D eigenvalue weighted by molar-refractivity contribution is -0.0445. The third-order valence-electron chi connectivity index (χ3n) is 3.64. The largest absolute Gasteiger partial charge is 0.383 e. The minimum absolute atomic E-state index is 0.0311. The van der Waals surface area contributed by atoms with Crippen LogP contribution in [0.1, 0.15) is 29.6 Å². The standard InChI is InChI=1S/C11H16N4O2/c12-10-7(6-13-14-10)11(16)15-4-5-17-9-3-1-2-8(9)15/h6,8-9H,1-5H2,(H3,12,13,14). The summed E-state index contributed by atoms with van der Waals surface area (Å²) in [6, 6.07) is 0.213. The molecule has 3 rings (SSSR count). The zero-order valence-corrected chi connectivity index (χ0v) is 9.56. The fourth-order valence-corrected chi connectivity index (χ4v) is 2.80. The second-order valence-electron chi connectivity index (χ2n) is 4.60. The fourth-order valence-electron chi connectivity index (χ4n) is 2.80. The summed E-state index contributed by atoms with van der Waals surface area (Å²) in [5.41, 5.74) is 6.16. The fraction of sp³-hybridized carbons (Fsp3) is 0.636. The van der Waals surface area contributed by atoms with Crippen LogP contribution in [0.5, 0.6) is 0 Å². The van der Waals surface area contributed by atoms with Crippen LogP contribution in [-0.4, -0.2) is 46.3 Å². The zero-order valence-electron chi connectivity index (χ0n) is 9.56. The maximum absolute atomic E-state index is 12.4. The molecule has 2 unspecified atom stereocenters. The molecule has 92 valence electrons. The van der Waals surface area contributed by atoms with Crippen molar-refractivity contribution in [3.05, 3.63) is 11.8 Å². The monoisotopic (exact) mass is 236 g/mol. The predicted molar refractivity (Wildman–Crippen MR) is 61.4 cm³/mol. The molecule has 1 saturated carbocycles. The van der Waals surface area contributed by atoms with E-state index in [1.54, 1.807) is 0 Å². The van der Waals surface area contributed by atoms with Crippen LogP contribution in [0, 0.1) is 0 Å². The summed E-state index contributed by atoms with van der Waals surface area (Å²) in [6.07, 6.45) is 4.90. The molecule has 6 heteroatoms. The van der Waals surface area contributed by atoms with E-state index in [1.807, 2.05) is 4.90 Å². The number of ether oxygens (including phenoxy) is 1. The van der Waals surface area contributed by atoms with E-state index in [-0.39, 0.29) is 18.1 Å². The lowest BCUT2D eigenvalue weighted by Gasteiger charge is -2.37. The molecule has 1 saturated heterocycles. The second-order valence-corrected chi connectivity index (χ2v) is 4.60. The molecule has 2 atom stereocenters. The number of morpholine rings is 1. The van der Waals surface area contributed by atoms with Gasteiger partial charge in [0.15, 0.2) is 0 Å². The van der Waals surface area contributed by atoms with E-state index in [1.165, 1.54) is 6.20 Å². The third-order valence-corrected chi connectivity index (χ3v) is 3.64. The van der Waals surface area contributed by atoms with Crippen molar-refractivity contribution >= 4 is 11.7 Å². The van der Waals surface area contributed by atoms with Gasteiger partial charge in [-0.05, 0) is 19.3 Å². The zero-order chi connectivity index (χ0) is 11.8. The Morgan fingerprint density at radius 3 is 3.24 bits per heavy atom. The Morgan fingerprint density at radius 2 is 2.47 bits per heavy atom. The van der Waals surface area contributed by atoms with Crippen molar-refractivity contribution in [2.45, 2.75) is 31.4 Å². The van der Waals surface area contributed by atoms with E-state index in [4.69, 9.17) is 10.5 Å². The number of hydrogen-bond donors (Lipinski definition) is 2. The maximum Gasteiger partial charge on any atom is 0.259 e. The van der Waals surface area contributed by atoms with Crippen LogP contribution in [0.2, 0.25) is 0 Å². The van der Waals surface area contributed by atoms with Crippen molar-refractivity contribution in [3.63, 3.8) is 0 Å². The van der Waals surface area contributed by atoms with Crippen LogP contribution in [0.15, 0.2) is 6.20 Å². The molecule has 0 radical (unpaired) electrons. The molecule has 17 heavy (non-hydrogen) atoms. The number of H-pyrrole nitrogens is 1. The number of anilines is 1. The number of nitrogens with two attached hydrogens (primary N) is 1. The van der Waals surface area contributed by atoms with Gasteiger partial charge < -0.3 is 15.4 Å². The summed E-state index contributed by atoms with van der Waals surface area (Å²) < 4.78 is 5.68. The minimum atomic E-state index is -0.0311. The number of nitrogens with one attached hydrogen (secondary N) is 1. The Bertz CT molecular complexity index is 431. The highest BCUT2D eigenvalue weighted by Gasteiger charge is 2.39. The molecule has 1 aliphatic heterocycles. The van der Waals surface area contributed by atoms with E-state index in [2.05, 4.69) is 10.2 Å². The van der Waals surface area contributed by atoms with Crippen molar-refractivity contribution < 1.29 is 9.53 Å². The van der Waals surface area contributed by atoms with Crippen molar-refractivity contribution in [2.24, 2.45) is 0 Å². The Morgan fingerprint density at radius 1 is 1.59 bits per heavy atom. The molecule has 2 aliphatic rings. The number of rotatable bonds is 1. The Hall–Kier alpha value is -1.56. The number of carbonyl (C=O) groups excluding carboxylic acids is 1. The SMILES string of the molecule is Nc1[nH]ncc1C(=O)N1CCOC2CCCC21. The van der Waals surface area contributed by atoms with Crippen LogP contribution in [0.3, 0.4) is 0 Å². The number of hydrogen-bond acceptors (Lipinski definition) is 4. The van der Waals surface area contributed by atoms with Crippen molar-refractivity contribution in [3.8, 4) is 0 Å². The van der Waals surface area contributed by atoms with E-state index in [0.29, 0.717) is 24.5 Å². The molecule has 2 heterocycles. The average Bonchev–Trinajstić information content (AvgIpc) is 2.95. The number of amides is 1. The summed E-state index contributed by atoms with van der Waals surface area (Å²) in [7, 11) is 0. The van der Waals surface area contributed by atoms with Gasteiger partial charge in [-0.25, -0.2) is 0 Å². The molecular formula is C11H16N4O2. The number of aromatic nitrogens is 2. The lowest BCUT2D eigenvalue weighted by Crippen LogP contribution is -2.51. The van der Waals surface area contributed by atoms with Gasteiger partial charge in [0.25, 0.3) is 5.91 Å². The van der Waals surface area contributed by atoms with Gasteiger partial charge in [0, 0.05) is 6.54 Å². The third kappa shape index (κ3) is 1.68. The molecule has 0 aromatic carbocycles. The van der Waals surface area contributed by atoms with Crippen molar-refractivity contribution in [1.82, 2.24) is 15.1 Å². The van der Waals surface area contributed by atoms with Gasteiger partial charge in [0.05, 0.1) is 24.9 Å². The van der Waals surface area contributed by atoms with Gasteiger partial charge >= 0.3 is 0 Å². The minimum Gasteiger partial charge on any atom is -0.383 e. The molecular weight excluding hydrogens is 220 g/mol. The summed E-state index contributed by atoms with van der Waals surface area (Å²) in [4.78, 5) is 14.2. The number of nitrogen functional groups attached to an aromatic ring is 1. The van der Waals surface area contributed by atoms with Crippen molar-refractivity contribution in [1.29, 1.82) is 0 Å². The average molecular weight is 236 g/mol. The van der Waals surface area contributed by atoms with Gasteiger partial charge in [-0.1, -0.05) is 0 Å². The molecule has 1 aliphatic carbocycles. The molecule has 0 spiro atoms. The van der Waals surface area contributed by atoms with Gasteiger partial charge in [-0.2, -0.15) is 5.10 Å². The number of nitrogens with zero attached hydrogens (tertiary/aromatic N) is 2. The number of carbonyl (C=O) groups is 1. The molecule has 2 fully saturated rings. The summed E-state index contributed by atoms with van der Waals surface area (Å²) >= 11 is 0. The Kier molecular flexibility index (Phi) is 2.51. The topological polar surface area (TPSA) is 84.2 Å². The van der Waals surface area contributed by atoms with Crippen LogP contribution in [0.4, 0.5) is 5.82 Å². The normalized spacial score (nSPS) is 28.1. The Balaban J connectivity index is 1.83. The van der Waals surface area contributed by atoms with Gasteiger partial charge in [-0.15, -0.1) is 0 Å². The molecule has 6 nitrogen and oxygen atoms in total. The van der Waals surface area contributed by atoms with E-state index >= 15 is 0 Å².